The molecule has 0 heterocycles. The van der Waals surface area contributed by atoms with E-state index in [2.05, 4.69) is 0 Å². The number of fused-ring (bicyclic) bond motifs is 5. The molecule has 0 aromatic carbocycles. The molecule has 0 aliphatic heterocycles. The van der Waals surface area contributed by atoms with Gasteiger partial charge in [0.15, 0.2) is 5.78 Å². The molecule has 0 radical (unpaired) electrons. The van der Waals surface area contributed by atoms with Crippen LogP contribution in [0.15, 0.2) is 11.6 Å². The number of alkyl halides is 1. The van der Waals surface area contributed by atoms with Gasteiger partial charge in [-0.05, 0) is 61.5 Å². The number of aliphatic hydroxyl groups excluding tert-OH is 1. The smallest absolute Gasteiger partial charge is 0.221 e. The van der Waals surface area contributed by atoms with Crippen LogP contribution < -0.4 is 0 Å². The van der Waals surface area contributed by atoms with Gasteiger partial charge in [0.2, 0.25) is 11.6 Å². The van der Waals surface area contributed by atoms with Gasteiger partial charge in [0, 0.05) is 17.3 Å². The van der Waals surface area contributed by atoms with E-state index in [1.807, 2.05) is 13.8 Å². The van der Waals surface area contributed by atoms with Gasteiger partial charge in [-0.15, -0.1) is 0 Å². The Morgan fingerprint density at radius 1 is 1.22 bits per heavy atom. The summed E-state index contributed by atoms with van der Waals surface area (Å²) in [4.78, 5) is 36.3. The standard InChI is InChI=1S/C21H27FO5/c1-19-9-17(25)16(24)8-14(19)15(22)7-11-12(19)3-5-20(2)13(11)4-6-21(20,27)18(26)10-23/h8,11-13,15,23,27H,3-7,9-10H2,1-2H3/t11-,12+,13+,15?,19-,20+,21+/m1/s1. The lowest BCUT2D eigenvalue weighted by Crippen LogP contribution is -2.59. The van der Waals surface area contributed by atoms with Gasteiger partial charge >= 0.3 is 0 Å². The minimum absolute atomic E-state index is 0.0406. The number of hydrogen-bond donors (Lipinski definition) is 2. The highest BCUT2D eigenvalue weighted by molar-refractivity contribution is 6.42. The second-order valence-corrected chi connectivity index (χ2v) is 9.50. The molecule has 4 aliphatic rings. The molecule has 0 spiro atoms. The average molecular weight is 378 g/mol. The summed E-state index contributed by atoms with van der Waals surface area (Å²) >= 11 is 0. The fourth-order valence-electron chi connectivity index (χ4n) is 7.08. The molecule has 148 valence electrons. The van der Waals surface area contributed by atoms with Crippen LogP contribution in [0, 0.1) is 28.6 Å². The van der Waals surface area contributed by atoms with Crippen LogP contribution in [0.25, 0.3) is 0 Å². The summed E-state index contributed by atoms with van der Waals surface area (Å²) in [7, 11) is 0. The van der Waals surface area contributed by atoms with Crippen molar-refractivity contribution >= 4 is 17.3 Å². The van der Waals surface area contributed by atoms with Gasteiger partial charge in [-0.2, -0.15) is 0 Å². The Morgan fingerprint density at radius 3 is 2.56 bits per heavy atom. The molecule has 0 bridgehead atoms. The van der Waals surface area contributed by atoms with Crippen molar-refractivity contribution in [3.63, 3.8) is 0 Å². The van der Waals surface area contributed by atoms with Crippen LogP contribution in [0.2, 0.25) is 0 Å². The number of allylic oxidation sites excluding steroid dienone is 1. The predicted octanol–water partition coefficient (Wildman–Crippen LogP) is 1.94. The van der Waals surface area contributed by atoms with Crippen molar-refractivity contribution in [2.24, 2.45) is 28.6 Å². The lowest BCUT2D eigenvalue weighted by atomic mass is 9.46. The summed E-state index contributed by atoms with van der Waals surface area (Å²) in [5.41, 5.74) is -2.48. The van der Waals surface area contributed by atoms with E-state index in [1.54, 1.807) is 0 Å². The maximum atomic E-state index is 15.1. The summed E-state index contributed by atoms with van der Waals surface area (Å²) in [5.74, 6) is -1.65. The molecule has 7 atom stereocenters. The molecule has 3 saturated carbocycles. The largest absolute Gasteiger partial charge is 0.388 e. The van der Waals surface area contributed by atoms with Gasteiger partial charge in [0.1, 0.15) is 18.4 Å². The molecule has 0 aromatic heterocycles. The van der Waals surface area contributed by atoms with Crippen LogP contribution in [0.5, 0.6) is 0 Å². The number of ketones is 3. The third kappa shape index (κ3) is 2.26. The highest BCUT2D eigenvalue weighted by Crippen LogP contribution is 2.67. The first-order valence-corrected chi connectivity index (χ1v) is 9.88. The maximum absolute atomic E-state index is 15.1. The van der Waals surface area contributed by atoms with E-state index in [0.29, 0.717) is 24.8 Å². The zero-order valence-electron chi connectivity index (χ0n) is 15.8. The van der Waals surface area contributed by atoms with E-state index < -0.39 is 46.6 Å². The molecule has 0 aromatic rings. The van der Waals surface area contributed by atoms with E-state index in [0.717, 1.165) is 0 Å². The highest BCUT2D eigenvalue weighted by atomic mass is 19.1. The van der Waals surface area contributed by atoms with Crippen LogP contribution in [0.3, 0.4) is 0 Å². The molecule has 6 heteroatoms. The summed E-state index contributed by atoms with van der Waals surface area (Å²) < 4.78 is 15.1. The molecule has 27 heavy (non-hydrogen) atoms. The highest BCUT2D eigenvalue weighted by Gasteiger charge is 2.67. The number of halogens is 1. The molecule has 2 N–H and O–H groups in total. The lowest BCUT2D eigenvalue weighted by Gasteiger charge is -2.59. The molecule has 5 nitrogen and oxygen atoms in total. The van der Waals surface area contributed by atoms with E-state index >= 15 is 4.39 Å². The van der Waals surface area contributed by atoms with Gasteiger partial charge in [-0.1, -0.05) is 13.8 Å². The van der Waals surface area contributed by atoms with E-state index in [-0.39, 0.29) is 37.0 Å². The van der Waals surface area contributed by atoms with Crippen LogP contribution in [0.1, 0.15) is 52.4 Å². The first-order valence-electron chi connectivity index (χ1n) is 9.88. The van der Waals surface area contributed by atoms with Crippen molar-refractivity contribution in [3.05, 3.63) is 11.6 Å². The molecular weight excluding hydrogens is 351 g/mol. The number of aliphatic hydroxyl groups is 2. The van der Waals surface area contributed by atoms with Gasteiger partial charge < -0.3 is 10.2 Å². The van der Waals surface area contributed by atoms with E-state index in [1.165, 1.54) is 6.08 Å². The predicted molar refractivity (Wildman–Crippen MR) is 94.4 cm³/mol. The van der Waals surface area contributed by atoms with Gasteiger partial charge in [0.25, 0.3) is 0 Å². The summed E-state index contributed by atoms with van der Waals surface area (Å²) in [6.07, 6.45) is 2.39. The Kier molecular flexibility index (Phi) is 4.07. The molecule has 0 amide bonds. The topological polar surface area (TPSA) is 91.7 Å². The first kappa shape index (κ1) is 18.9. The van der Waals surface area contributed by atoms with Crippen molar-refractivity contribution in [2.75, 3.05) is 6.61 Å². The summed E-state index contributed by atoms with van der Waals surface area (Å²) in [5, 5.41) is 20.5. The summed E-state index contributed by atoms with van der Waals surface area (Å²) in [6.45, 7) is 3.10. The van der Waals surface area contributed by atoms with E-state index in [4.69, 9.17) is 0 Å². The monoisotopic (exact) mass is 378 g/mol. The molecule has 4 aliphatic carbocycles. The minimum atomic E-state index is -1.57. The fraction of sp³-hybridized carbons (Fsp3) is 0.762. The minimum Gasteiger partial charge on any atom is -0.388 e. The third-order valence-corrected chi connectivity index (χ3v) is 8.58. The Labute approximate surface area is 158 Å². The summed E-state index contributed by atoms with van der Waals surface area (Å²) in [6, 6.07) is 0. The zero-order valence-corrected chi connectivity index (χ0v) is 15.8. The van der Waals surface area contributed by atoms with Crippen LogP contribution in [-0.4, -0.2) is 45.9 Å². The number of rotatable bonds is 2. The molecule has 1 unspecified atom stereocenters. The normalized spacial score (nSPS) is 49.1. The fourth-order valence-corrected chi connectivity index (χ4v) is 7.08. The van der Waals surface area contributed by atoms with Crippen molar-refractivity contribution in [1.29, 1.82) is 0 Å². The Morgan fingerprint density at radius 2 is 1.89 bits per heavy atom. The molecule has 0 saturated heterocycles. The quantitative estimate of drug-likeness (QED) is 0.717. The van der Waals surface area contributed by atoms with Crippen molar-refractivity contribution in [3.8, 4) is 0 Å². The van der Waals surface area contributed by atoms with Gasteiger partial charge in [-0.25, -0.2) is 4.39 Å². The first-order chi connectivity index (χ1) is 12.6. The van der Waals surface area contributed by atoms with Crippen LogP contribution >= 0.6 is 0 Å². The maximum Gasteiger partial charge on any atom is 0.221 e. The Balaban J connectivity index is 1.74. The number of carbonyl (C=O) groups excluding carboxylic acids is 3. The van der Waals surface area contributed by atoms with Gasteiger partial charge in [0.05, 0.1) is 0 Å². The van der Waals surface area contributed by atoms with Crippen LogP contribution in [0.4, 0.5) is 4.39 Å². The van der Waals surface area contributed by atoms with Crippen LogP contribution in [-0.2, 0) is 14.4 Å². The van der Waals surface area contributed by atoms with E-state index in [9.17, 15) is 24.6 Å². The van der Waals surface area contributed by atoms with Crippen molar-refractivity contribution in [1.82, 2.24) is 0 Å². The second kappa shape index (κ2) is 5.80. The number of Topliss-reactive ketones (excluding diaryl/α,β-unsaturated/α-hetero) is 2. The van der Waals surface area contributed by atoms with Gasteiger partial charge in [-0.3, -0.25) is 14.4 Å². The number of carbonyl (C=O) groups is 3. The number of hydrogen-bond acceptors (Lipinski definition) is 5. The zero-order chi connectivity index (χ0) is 19.8. The average Bonchev–Trinajstić information content (AvgIpc) is 2.89. The lowest BCUT2D eigenvalue weighted by molar-refractivity contribution is -0.166. The van der Waals surface area contributed by atoms with Crippen molar-refractivity contribution in [2.45, 2.75) is 64.1 Å². The SMILES string of the molecule is C[C@]12CC(=O)C(=O)C=C1C(F)C[C@@H]1[C@@H]2CC[C@@]2(C)[C@H]1CC[C@]2(O)C(=O)CO. The van der Waals surface area contributed by atoms with Crippen molar-refractivity contribution < 1.29 is 29.0 Å². The molecular formula is C21H27FO5. The molecule has 4 rings (SSSR count). The Bertz CT molecular complexity index is 760. The second-order valence-electron chi connectivity index (χ2n) is 9.50. The Hall–Kier alpha value is -1.40. The third-order valence-electron chi connectivity index (χ3n) is 8.58. The molecule has 3 fully saturated rings.